The number of alkyl halides is 6. The number of hydrogen-bond acceptors (Lipinski definition) is 4. The molecule has 0 spiro atoms. The second-order valence-electron chi connectivity index (χ2n) is 8.41. The Morgan fingerprint density at radius 1 is 0.909 bits per heavy atom. The van der Waals surface area contributed by atoms with Crippen LogP contribution in [0, 0.1) is 0 Å². The van der Waals surface area contributed by atoms with Crippen molar-refractivity contribution in [1.29, 1.82) is 0 Å². The molecule has 2 bridgehead atoms. The lowest BCUT2D eigenvalue weighted by Gasteiger charge is -2.39. The molecule has 2 fully saturated rings. The fourth-order valence-corrected chi connectivity index (χ4v) is 4.59. The van der Waals surface area contributed by atoms with Gasteiger partial charge in [0.15, 0.2) is 11.5 Å². The van der Waals surface area contributed by atoms with Gasteiger partial charge in [0.25, 0.3) is 0 Å². The molecule has 0 aliphatic carbocycles. The Labute approximate surface area is 187 Å². The third kappa shape index (κ3) is 5.14. The van der Waals surface area contributed by atoms with Crippen molar-refractivity contribution in [3.63, 3.8) is 0 Å². The van der Waals surface area contributed by atoms with Crippen molar-refractivity contribution in [2.45, 2.75) is 69.6 Å². The zero-order chi connectivity index (χ0) is 23.8. The molecule has 10 heteroatoms. The lowest BCUT2D eigenvalue weighted by Crippen LogP contribution is -2.46. The van der Waals surface area contributed by atoms with Crippen LogP contribution in [0.2, 0.25) is 0 Å². The quantitative estimate of drug-likeness (QED) is 0.449. The molecule has 1 aromatic heterocycles. The monoisotopic (exact) mass is 474 g/mol. The topological polar surface area (TPSA) is 34.6 Å². The largest absolute Gasteiger partial charge is 0.490 e. The number of rotatable bonds is 6. The van der Waals surface area contributed by atoms with Crippen LogP contribution in [0.15, 0.2) is 36.5 Å². The summed E-state index contributed by atoms with van der Waals surface area (Å²) in [6.45, 7) is 2.12. The van der Waals surface area contributed by atoms with Crippen LogP contribution in [0.25, 0.3) is 0 Å². The Hall–Kier alpha value is -2.65. The predicted octanol–water partition coefficient (Wildman–Crippen LogP) is 6.49. The van der Waals surface area contributed by atoms with Crippen LogP contribution in [-0.2, 0) is 12.4 Å². The summed E-state index contributed by atoms with van der Waals surface area (Å²) in [5, 5.41) is 0. The highest BCUT2D eigenvalue weighted by atomic mass is 19.4. The lowest BCUT2D eigenvalue weighted by molar-refractivity contribution is -0.138. The van der Waals surface area contributed by atoms with Crippen LogP contribution in [0.4, 0.5) is 32.2 Å². The second-order valence-corrected chi connectivity index (χ2v) is 8.41. The molecule has 0 radical (unpaired) electrons. The number of fused-ring (bicyclic) bond motifs is 2. The van der Waals surface area contributed by atoms with Gasteiger partial charge in [0.1, 0.15) is 11.9 Å². The van der Waals surface area contributed by atoms with E-state index in [0.717, 1.165) is 37.2 Å². The first-order chi connectivity index (χ1) is 15.6. The second kappa shape index (κ2) is 8.95. The Balaban J connectivity index is 1.48. The molecule has 4 rings (SSSR count). The highest BCUT2D eigenvalue weighted by Crippen LogP contribution is 2.42. The van der Waals surface area contributed by atoms with Crippen molar-refractivity contribution < 1.29 is 35.8 Å². The summed E-state index contributed by atoms with van der Waals surface area (Å²) in [6.07, 6.45) is -4.81. The van der Waals surface area contributed by atoms with Crippen molar-refractivity contribution >= 4 is 5.82 Å². The van der Waals surface area contributed by atoms with Gasteiger partial charge in [-0.15, -0.1) is 0 Å². The number of pyridine rings is 1. The summed E-state index contributed by atoms with van der Waals surface area (Å²) in [5.41, 5.74) is -1.59. The molecule has 180 valence electrons. The van der Waals surface area contributed by atoms with Crippen molar-refractivity contribution in [1.82, 2.24) is 4.98 Å². The van der Waals surface area contributed by atoms with E-state index in [1.165, 1.54) is 12.1 Å². The maximum atomic E-state index is 13.1. The van der Waals surface area contributed by atoms with E-state index in [0.29, 0.717) is 25.1 Å². The Kier molecular flexibility index (Phi) is 6.37. The van der Waals surface area contributed by atoms with Crippen LogP contribution >= 0.6 is 0 Å². The number of hydrogen-bond donors (Lipinski definition) is 0. The van der Waals surface area contributed by atoms with E-state index in [1.54, 1.807) is 0 Å². The minimum atomic E-state index is -4.48. The number of halogens is 6. The molecular formula is C23H24F6N2O2. The van der Waals surface area contributed by atoms with Gasteiger partial charge in [-0.2, -0.15) is 26.3 Å². The van der Waals surface area contributed by atoms with Gasteiger partial charge in [-0.3, -0.25) is 0 Å². The van der Waals surface area contributed by atoms with Crippen LogP contribution < -0.4 is 14.4 Å². The number of ether oxygens (including phenoxy) is 2. The molecule has 0 saturated carbocycles. The Bertz CT molecular complexity index is 947. The molecule has 2 aliphatic heterocycles. The molecule has 2 saturated heterocycles. The number of nitrogens with zero attached hydrogens (tertiary/aromatic N) is 2. The SMILES string of the molecule is CCCOc1cc(C(F)(F)F)ccc1O[C@H]1C[C@H]2CC[C@@H](C1)N2c1ccc(C(F)(F)F)cn1. The first-order valence-corrected chi connectivity index (χ1v) is 10.9. The molecule has 1 aromatic carbocycles. The number of piperidine rings is 1. The van der Waals surface area contributed by atoms with Gasteiger partial charge in [-0.25, -0.2) is 4.98 Å². The summed E-state index contributed by atoms with van der Waals surface area (Å²) in [5.74, 6) is 0.822. The summed E-state index contributed by atoms with van der Waals surface area (Å²) >= 11 is 0. The van der Waals surface area contributed by atoms with Gasteiger partial charge >= 0.3 is 12.4 Å². The maximum absolute atomic E-state index is 13.1. The highest BCUT2D eigenvalue weighted by Gasteiger charge is 2.43. The predicted molar refractivity (Wildman–Crippen MR) is 109 cm³/mol. The molecule has 2 aromatic rings. The summed E-state index contributed by atoms with van der Waals surface area (Å²) in [6, 6.07) is 5.72. The van der Waals surface area contributed by atoms with Gasteiger partial charge in [-0.05, 0) is 49.6 Å². The zero-order valence-electron chi connectivity index (χ0n) is 17.9. The molecular weight excluding hydrogens is 450 g/mol. The molecule has 4 nitrogen and oxygen atoms in total. The van der Waals surface area contributed by atoms with Crippen LogP contribution in [0.3, 0.4) is 0 Å². The Morgan fingerprint density at radius 2 is 1.55 bits per heavy atom. The number of anilines is 1. The van der Waals surface area contributed by atoms with Gasteiger partial charge in [0.2, 0.25) is 0 Å². The van der Waals surface area contributed by atoms with E-state index in [1.807, 2.05) is 11.8 Å². The summed E-state index contributed by atoms with van der Waals surface area (Å²) < 4.78 is 89.5. The fourth-order valence-electron chi connectivity index (χ4n) is 4.59. The van der Waals surface area contributed by atoms with E-state index in [2.05, 4.69) is 4.98 Å². The smallest absolute Gasteiger partial charge is 0.417 e. The summed E-state index contributed by atoms with van der Waals surface area (Å²) in [4.78, 5) is 6.08. The average molecular weight is 474 g/mol. The molecule has 2 aliphatic rings. The molecule has 3 atom stereocenters. The zero-order valence-corrected chi connectivity index (χ0v) is 17.9. The number of aromatic nitrogens is 1. The van der Waals surface area contributed by atoms with E-state index < -0.39 is 23.5 Å². The lowest BCUT2D eigenvalue weighted by atomic mass is 9.99. The van der Waals surface area contributed by atoms with Crippen molar-refractivity contribution in [3.05, 3.63) is 47.7 Å². The number of benzene rings is 1. The van der Waals surface area contributed by atoms with E-state index >= 15 is 0 Å². The van der Waals surface area contributed by atoms with Crippen molar-refractivity contribution in [2.75, 3.05) is 11.5 Å². The van der Waals surface area contributed by atoms with Crippen LogP contribution in [-0.4, -0.2) is 29.8 Å². The molecule has 3 heterocycles. The third-order valence-corrected chi connectivity index (χ3v) is 6.06. The maximum Gasteiger partial charge on any atom is 0.417 e. The van der Waals surface area contributed by atoms with Crippen LogP contribution in [0.1, 0.15) is 50.2 Å². The molecule has 0 unspecified atom stereocenters. The standard InChI is InChI=1S/C23H24F6N2O2/c1-2-9-32-20-10-14(22(24,25)26)3-7-19(20)33-18-11-16-5-6-17(12-18)31(16)21-8-4-15(13-30-21)23(27,28)29/h3-4,7-8,10,13,16-18H,2,5-6,9,11-12H2,1H3/t16-,17+,18+. The highest BCUT2D eigenvalue weighted by molar-refractivity contribution is 5.46. The van der Waals surface area contributed by atoms with Gasteiger partial charge in [0.05, 0.1) is 17.7 Å². The van der Waals surface area contributed by atoms with Crippen LogP contribution in [0.5, 0.6) is 11.5 Å². The first-order valence-electron chi connectivity index (χ1n) is 10.9. The molecule has 0 N–H and O–H groups in total. The summed E-state index contributed by atoms with van der Waals surface area (Å²) in [7, 11) is 0. The Morgan fingerprint density at radius 3 is 2.09 bits per heavy atom. The average Bonchev–Trinajstić information content (AvgIpc) is 3.02. The molecule has 33 heavy (non-hydrogen) atoms. The fraction of sp³-hybridized carbons (Fsp3) is 0.522. The van der Waals surface area contributed by atoms with Crippen molar-refractivity contribution in [2.24, 2.45) is 0 Å². The first kappa shape index (κ1) is 23.5. The van der Waals surface area contributed by atoms with Crippen molar-refractivity contribution in [3.8, 4) is 11.5 Å². The minimum Gasteiger partial charge on any atom is -0.490 e. The molecule has 0 amide bonds. The van der Waals surface area contributed by atoms with Gasteiger partial charge in [-0.1, -0.05) is 6.92 Å². The van der Waals surface area contributed by atoms with Gasteiger partial charge < -0.3 is 14.4 Å². The van der Waals surface area contributed by atoms with E-state index in [9.17, 15) is 26.3 Å². The van der Waals surface area contributed by atoms with Gasteiger partial charge in [0, 0.05) is 31.1 Å². The normalized spacial score (nSPS) is 23.0. The minimum absolute atomic E-state index is 0.0347. The van der Waals surface area contributed by atoms with E-state index in [4.69, 9.17) is 9.47 Å². The third-order valence-electron chi connectivity index (χ3n) is 6.06. The van der Waals surface area contributed by atoms with E-state index in [-0.39, 0.29) is 36.3 Å².